The van der Waals surface area contributed by atoms with Crippen LogP contribution in [0.2, 0.25) is 0 Å². The second-order valence-electron chi connectivity index (χ2n) is 6.50. The topological polar surface area (TPSA) is 3.88 Å². The number of nitrogens with zero attached hydrogens (tertiary/aromatic N) is 1. The average Bonchev–Trinajstić information content (AvgIpc) is 2.50. The summed E-state index contributed by atoms with van der Waals surface area (Å²) in [6.45, 7) is 5.61. The molecule has 0 bridgehead atoms. The Kier molecular flexibility index (Phi) is 15.7. The van der Waals surface area contributed by atoms with Gasteiger partial charge < -0.3 is 24.0 Å². The summed E-state index contributed by atoms with van der Waals surface area (Å²) in [6.07, 6.45) is 21.5. The lowest BCUT2D eigenvalue weighted by Crippen LogP contribution is -3.00. The smallest absolute Gasteiger partial charge is 0.169 e. The molecule has 1 heterocycles. The van der Waals surface area contributed by atoms with Gasteiger partial charge in [-0.05, 0) is 18.9 Å². The molecule has 0 aliphatic heterocycles. The average molecular weight is 417 g/mol. The zero-order valence-corrected chi connectivity index (χ0v) is 17.0. The summed E-state index contributed by atoms with van der Waals surface area (Å²) >= 11 is 0. The molecule has 128 valence electrons. The molecular formula is C20H36IN. The van der Waals surface area contributed by atoms with Crippen LogP contribution < -0.4 is 28.5 Å². The maximum absolute atomic E-state index is 2.31. The van der Waals surface area contributed by atoms with Crippen molar-refractivity contribution in [1.82, 2.24) is 0 Å². The van der Waals surface area contributed by atoms with Crippen LogP contribution in [0.25, 0.3) is 0 Å². The van der Waals surface area contributed by atoms with Gasteiger partial charge in [0.05, 0.1) is 0 Å². The first-order chi connectivity index (χ1) is 10.3. The van der Waals surface area contributed by atoms with E-state index in [1.165, 1.54) is 89.2 Å². The van der Waals surface area contributed by atoms with Crippen molar-refractivity contribution < 1.29 is 28.5 Å². The number of hydrogen-bond acceptors (Lipinski definition) is 0. The first kappa shape index (κ1) is 21.9. The van der Waals surface area contributed by atoms with Gasteiger partial charge in [0.15, 0.2) is 12.4 Å². The zero-order chi connectivity index (χ0) is 15.2. The third kappa shape index (κ3) is 12.4. The van der Waals surface area contributed by atoms with E-state index in [4.69, 9.17) is 0 Å². The molecule has 22 heavy (non-hydrogen) atoms. The Morgan fingerprint density at radius 2 is 1.09 bits per heavy atom. The zero-order valence-electron chi connectivity index (χ0n) is 14.8. The largest absolute Gasteiger partial charge is 1.00 e. The second-order valence-corrected chi connectivity index (χ2v) is 6.50. The van der Waals surface area contributed by atoms with Gasteiger partial charge in [0, 0.05) is 18.6 Å². The molecule has 0 amide bonds. The van der Waals surface area contributed by atoms with Crippen molar-refractivity contribution >= 4 is 0 Å². The Hall–Kier alpha value is -0.120. The van der Waals surface area contributed by atoms with Crippen molar-refractivity contribution in [3.05, 3.63) is 30.1 Å². The molecule has 0 saturated heterocycles. The molecule has 0 aliphatic rings. The molecule has 1 rings (SSSR count). The monoisotopic (exact) mass is 417 g/mol. The van der Waals surface area contributed by atoms with Gasteiger partial charge in [0.2, 0.25) is 0 Å². The number of aryl methyl sites for hydroxylation is 2. The van der Waals surface area contributed by atoms with Crippen LogP contribution in [0.3, 0.4) is 0 Å². The summed E-state index contributed by atoms with van der Waals surface area (Å²) in [4.78, 5) is 0. The van der Waals surface area contributed by atoms with E-state index in [0.717, 1.165) is 0 Å². The third-order valence-electron chi connectivity index (χ3n) is 4.33. The Morgan fingerprint density at radius 3 is 1.55 bits per heavy atom. The minimum atomic E-state index is 0. The number of hydrogen-bond donors (Lipinski definition) is 0. The molecule has 0 unspecified atom stereocenters. The fraction of sp³-hybridized carbons (Fsp3) is 0.750. The van der Waals surface area contributed by atoms with E-state index in [-0.39, 0.29) is 24.0 Å². The van der Waals surface area contributed by atoms with Gasteiger partial charge in [-0.2, -0.15) is 0 Å². The molecule has 1 nitrogen and oxygen atoms in total. The summed E-state index contributed by atoms with van der Waals surface area (Å²) in [5.41, 5.74) is 1.35. The molecule has 0 fully saturated rings. The Balaban J connectivity index is 0.00000441. The maximum Gasteiger partial charge on any atom is 0.169 e. The van der Waals surface area contributed by atoms with Crippen molar-refractivity contribution in [1.29, 1.82) is 0 Å². The highest BCUT2D eigenvalue weighted by Crippen LogP contribution is 2.11. The first-order valence-electron chi connectivity index (χ1n) is 9.28. The van der Waals surface area contributed by atoms with Crippen LogP contribution in [0, 0.1) is 6.92 Å². The minimum Gasteiger partial charge on any atom is -1.00 e. The van der Waals surface area contributed by atoms with E-state index in [9.17, 15) is 0 Å². The van der Waals surface area contributed by atoms with E-state index < -0.39 is 0 Å². The molecule has 0 radical (unpaired) electrons. The molecule has 0 aromatic carbocycles. The van der Waals surface area contributed by atoms with Crippen LogP contribution in [-0.2, 0) is 6.54 Å². The van der Waals surface area contributed by atoms with Crippen LogP contribution in [-0.4, -0.2) is 0 Å². The van der Waals surface area contributed by atoms with Gasteiger partial charge in [-0.3, -0.25) is 0 Å². The minimum absolute atomic E-state index is 0. The van der Waals surface area contributed by atoms with Crippen molar-refractivity contribution in [3.63, 3.8) is 0 Å². The van der Waals surface area contributed by atoms with Crippen molar-refractivity contribution in [2.45, 2.75) is 97.4 Å². The van der Waals surface area contributed by atoms with E-state index in [1.807, 2.05) is 0 Å². The first-order valence-corrected chi connectivity index (χ1v) is 9.28. The molecule has 2 heteroatoms. The fourth-order valence-corrected chi connectivity index (χ4v) is 2.82. The lowest BCUT2D eigenvalue weighted by molar-refractivity contribution is -0.697. The van der Waals surface area contributed by atoms with Crippen molar-refractivity contribution in [3.8, 4) is 0 Å². The molecular weight excluding hydrogens is 381 g/mol. The van der Waals surface area contributed by atoms with Gasteiger partial charge in [0.1, 0.15) is 6.54 Å². The number of unbranched alkanes of at least 4 members (excludes halogenated alkanes) is 11. The molecule has 0 saturated carbocycles. The van der Waals surface area contributed by atoms with Crippen LogP contribution in [0.4, 0.5) is 0 Å². The van der Waals surface area contributed by atoms with Crippen LogP contribution >= 0.6 is 0 Å². The predicted molar refractivity (Wildman–Crippen MR) is 92.5 cm³/mol. The summed E-state index contributed by atoms with van der Waals surface area (Å²) in [5.74, 6) is 0. The number of rotatable bonds is 13. The summed E-state index contributed by atoms with van der Waals surface area (Å²) < 4.78 is 2.31. The van der Waals surface area contributed by atoms with Gasteiger partial charge in [-0.1, -0.05) is 71.1 Å². The van der Waals surface area contributed by atoms with Gasteiger partial charge in [0.25, 0.3) is 0 Å². The summed E-state index contributed by atoms with van der Waals surface area (Å²) in [5, 5.41) is 0. The molecule has 0 N–H and O–H groups in total. The van der Waals surface area contributed by atoms with E-state index in [1.54, 1.807) is 0 Å². The Morgan fingerprint density at radius 1 is 0.682 bits per heavy atom. The molecule has 0 spiro atoms. The SMILES string of the molecule is CCCCCCCCCCCCCC[n+]1ccc(C)cc1.[I-]. The van der Waals surface area contributed by atoms with Crippen LogP contribution in [0.1, 0.15) is 89.5 Å². The Labute approximate surface area is 155 Å². The van der Waals surface area contributed by atoms with E-state index in [2.05, 4.69) is 42.9 Å². The lowest BCUT2D eigenvalue weighted by atomic mass is 10.1. The van der Waals surface area contributed by atoms with Crippen LogP contribution in [0.15, 0.2) is 24.5 Å². The predicted octanol–water partition coefficient (Wildman–Crippen LogP) is 2.99. The quantitative estimate of drug-likeness (QED) is 0.264. The molecule has 0 atom stereocenters. The summed E-state index contributed by atoms with van der Waals surface area (Å²) in [7, 11) is 0. The van der Waals surface area contributed by atoms with Crippen molar-refractivity contribution in [2.24, 2.45) is 0 Å². The van der Waals surface area contributed by atoms with Gasteiger partial charge in [-0.15, -0.1) is 0 Å². The highest BCUT2D eigenvalue weighted by atomic mass is 127. The van der Waals surface area contributed by atoms with E-state index in [0.29, 0.717) is 0 Å². The fourth-order valence-electron chi connectivity index (χ4n) is 2.82. The van der Waals surface area contributed by atoms with Crippen LogP contribution in [0.5, 0.6) is 0 Å². The van der Waals surface area contributed by atoms with Gasteiger partial charge >= 0.3 is 0 Å². The summed E-state index contributed by atoms with van der Waals surface area (Å²) in [6, 6.07) is 4.39. The highest BCUT2D eigenvalue weighted by Gasteiger charge is 1.99. The molecule has 1 aromatic heterocycles. The number of pyridine rings is 1. The maximum atomic E-state index is 2.31. The second kappa shape index (κ2) is 15.8. The van der Waals surface area contributed by atoms with Crippen molar-refractivity contribution in [2.75, 3.05) is 0 Å². The number of aromatic nitrogens is 1. The lowest BCUT2D eigenvalue weighted by Gasteiger charge is -2.02. The Bertz CT molecular complexity index is 334. The normalized spacial score (nSPS) is 10.5. The number of halogens is 1. The molecule has 1 aromatic rings. The third-order valence-corrected chi connectivity index (χ3v) is 4.33. The standard InChI is InChI=1S/C20H36N.HI/c1-3-4-5-6-7-8-9-10-11-12-13-14-17-21-18-15-20(2)16-19-21;/h15-16,18-19H,3-14,17H2,1-2H3;1H/q+1;/p-1. The molecule has 0 aliphatic carbocycles. The van der Waals surface area contributed by atoms with Gasteiger partial charge in [-0.25, -0.2) is 4.57 Å². The van der Waals surface area contributed by atoms with E-state index >= 15 is 0 Å². The highest BCUT2D eigenvalue weighted by molar-refractivity contribution is 5.03.